The molecule has 45 heavy (non-hydrogen) atoms. The lowest BCUT2D eigenvalue weighted by Gasteiger charge is -2.35. The molecular weight excluding hydrogens is 679 g/mol. The van der Waals surface area contributed by atoms with E-state index in [1.807, 2.05) is 88.6 Å². The van der Waals surface area contributed by atoms with E-state index in [1.165, 1.54) is 11.1 Å². The second-order valence-electron chi connectivity index (χ2n) is 12.4. The fourth-order valence-electron chi connectivity index (χ4n) is 5.61. The number of hydrogen-bond donors (Lipinski definition) is 1. The van der Waals surface area contributed by atoms with Crippen molar-refractivity contribution in [3.05, 3.63) is 108 Å². The van der Waals surface area contributed by atoms with Crippen LogP contribution in [0.4, 0.5) is 0 Å². The molecule has 3 aromatic carbocycles. The second kappa shape index (κ2) is 16.5. The number of aryl methyl sites for hydroxylation is 1. The number of fused-ring (bicyclic) bond motifs is 1. The average Bonchev–Trinajstić information content (AvgIpc) is 3.02. The number of esters is 1. The molecule has 1 N–H and O–H groups in total. The molecular formula is C37H45IN2O5. The molecule has 0 aliphatic carbocycles. The number of benzene rings is 3. The minimum absolute atomic E-state index is 0. The van der Waals surface area contributed by atoms with Crippen LogP contribution in [0.2, 0.25) is 0 Å². The van der Waals surface area contributed by atoms with Crippen LogP contribution in [0.3, 0.4) is 0 Å². The summed E-state index contributed by atoms with van der Waals surface area (Å²) in [5.74, 6) is 0.577. The monoisotopic (exact) mass is 724 g/mol. The number of rotatable bonds is 12. The number of piperidine rings is 1. The molecule has 5 rings (SSSR count). The van der Waals surface area contributed by atoms with Crippen molar-refractivity contribution in [2.75, 3.05) is 26.3 Å². The molecule has 0 bridgehead atoms. The molecule has 0 radical (unpaired) electrons. The molecule has 8 heteroatoms. The Morgan fingerprint density at radius 2 is 1.76 bits per heavy atom. The van der Waals surface area contributed by atoms with Gasteiger partial charge in [-0.25, -0.2) is 9.36 Å². The summed E-state index contributed by atoms with van der Waals surface area (Å²) in [5.41, 5.74) is 3.53. The zero-order valence-electron chi connectivity index (χ0n) is 26.7. The van der Waals surface area contributed by atoms with Crippen molar-refractivity contribution < 1.29 is 52.3 Å². The third kappa shape index (κ3) is 9.97. The molecule has 2 heterocycles. The lowest BCUT2D eigenvalue weighted by Crippen LogP contribution is -3.00. The third-order valence-corrected chi connectivity index (χ3v) is 7.80. The van der Waals surface area contributed by atoms with Crippen LogP contribution in [-0.4, -0.2) is 44.0 Å². The van der Waals surface area contributed by atoms with Crippen molar-refractivity contribution in [2.45, 2.75) is 63.9 Å². The first-order chi connectivity index (χ1) is 21.3. The fourth-order valence-corrected chi connectivity index (χ4v) is 5.61. The molecule has 4 aromatic rings. The number of halogens is 1. The van der Waals surface area contributed by atoms with Crippen LogP contribution >= 0.6 is 0 Å². The Hall–Kier alpha value is -3.05. The number of pyridine rings is 1. The molecule has 1 saturated heterocycles. The van der Waals surface area contributed by atoms with Gasteiger partial charge in [0, 0.05) is 36.4 Å². The van der Waals surface area contributed by atoms with Gasteiger partial charge in [0.25, 0.3) is 0 Å². The third-order valence-electron chi connectivity index (χ3n) is 7.80. The molecule has 240 valence electrons. The highest BCUT2D eigenvalue weighted by Crippen LogP contribution is 2.34. The van der Waals surface area contributed by atoms with E-state index in [-0.39, 0.29) is 42.0 Å². The normalized spacial score (nSPS) is 17.3. The molecule has 1 aromatic heterocycles. The van der Waals surface area contributed by atoms with Gasteiger partial charge in [0.05, 0.1) is 25.9 Å². The molecule has 0 saturated carbocycles. The highest BCUT2D eigenvalue weighted by Gasteiger charge is 2.35. The van der Waals surface area contributed by atoms with Crippen molar-refractivity contribution in [1.82, 2.24) is 5.32 Å². The lowest BCUT2D eigenvalue weighted by atomic mass is 9.87. The van der Waals surface area contributed by atoms with E-state index in [9.17, 15) is 4.79 Å². The first-order valence-electron chi connectivity index (χ1n) is 15.6. The van der Waals surface area contributed by atoms with Crippen LogP contribution in [0.5, 0.6) is 5.75 Å². The number of ether oxygens (including phenoxy) is 4. The summed E-state index contributed by atoms with van der Waals surface area (Å²) in [6.45, 7) is 9.03. The van der Waals surface area contributed by atoms with Gasteiger partial charge < -0.3 is 48.2 Å². The zero-order chi connectivity index (χ0) is 30.9. The predicted molar refractivity (Wildman–Crippen MR) is 171 cm³/mol. The van der Waals surface area contributed by atoms with E-state index in [0.717, 1.165) is 41.6 Å². The largest absolute Gasteiger partial charge is 1.00 e. The second-order valence-corrected chi connectivity index (χ2v) is 12.4. The van der Waals surface area contributed by atoms with E-state index in [4.69, 9.17) is 18.9 Å². The van der Waals surface area contributed by atoms with Gasteiger partial charge in [-0.15, -0.1) is 0 Å². The Kier molecular flexibility index (Phi) is 12.8. The predicted octanol–water partition coefficient (Wildman–Crippen LogP) is 3.20. The van der Waals surface area contributed by atoms with Gasteiger partial charge in [0.1, 0.15) is 18.4 Å². The molecule has 3 unspecified atom stereocenters. The quantitative estimate of drug-likeness (QED) is 0.105. The molecule has 1 aliphatic heterocycles. The van der Waals surface area contributed by atoms with Crippen LogP contribution in [0.1, 0.15) is 62.3 Å². The Balaban J connectivity index is 0.00000461. The van der Waals surface area contributed by atoms with E-state index >= 15 is 0 Å². The molecule has 0 amide bonds. The number of hydrogen-bond acceptors (Lipinski definition) is 6. The number of nitrogens with one attached hydrogen (secondary N) is 1. The van der Waals surface area contributed by atoms with Crippen LogP contribution in [0.25, 0.3) is 10.9 Å². The summed E-state index contributed by atoms with van der Waals surface area (Å²) in [7, 11) is 2.00. The summed E-state index contributed by atoms with van der Waals surface area (Å²) in [6, 6.07) is 28.6. The van der Waals surface area contributed by atoms with Crippen LogP contribution in [0.15, 0.2) is 91.1 Å². The Morgan fingerprint density at radius 1 is 0.978 bits per heavy atom. The molecule has 1 aliphatic rings. The van der Waals surface area contributed by atoms with Crippen molar-refractivity contribution in [1.29, 1.82) is 0 Å². The SMILES string of the molecule is C[n+]1cccc2ccc(C(OC3CNCCC3c3ccc(OCCCOCc4ccccc4)cc3)C(=O)OC(C)(C)C)cc21.[I-]. The fraction of sp³-hybridized carbons (Fsp3) is 0.405. The minimum Gasteiger partial charge on any atom is -1.00 e. The van der Waals surface area contributed by atoms with Crippen molar-refractivity contribution in [3.63, 3.8) is 0 Å². The Labute approximate surface area is 284 Å². The lowest BCUT2D eigenvalue weighted by molar-refractivity contribution is -0.644. The van der Waals surface area contributed by atoms with Crippen LogP contribution in [0, 0.1) is 0 Å². The summed E-state index contributed by atoms with van der Waals surface area (Å²) in [6.07, 6.45) is 2.66. The van der Waals surface area contributed by atoms with E-state index in [1.54, 1.807) is 0 Å². The van der Waals surface area contributed by atoms with Crippen molar-refractivity contribution >= 4 is 16.9 Å². The Morgan fingerprint density at radius 3 is 2.51 bits per heavy atom. The molecule has 0 spiro atoms. The maximum atomic E-state index is 13.6. The topological polar surface area (TPSA) is 69.9 Å². The smallest absolute Gasteiger partial charge is 0.340 e. The van der Waals surface area contributed by atoms with Crippen molar-refractivity contribution in [2.24, 2.45) is 7.05 Å². The number of carbonyl (C=O) groups excluding carboxylic acids is 1. The average molecular weight is 725 g/mol. The van der Waals surface area contributed by atoms with E-state index in [2.05, 4.69) is 40.2 Å². The highest BCUT2D eigenvalue weighted by molar-refractivity contribution is 5.81. The van der Waals surface area contributed by atoms with Gasteiger partial charge >= 0.3 is 5.97 Å². The number of nitrogens with zero attached hydrogens (tertiary/aromatic N) is 1. The molecule has 7 nitrogen and oxygen atoms in total. The first kappa shape index (κ1) is 34.8. The van der Waals surface area contributed by atoms with Gasteiger partial charge in [-0.3, -0.25) is 0 Å². The maximum absolute atomic E-state index is 13.6. The minimum atomic E-state index is -0.849. The van der Waals surface area contributed by atoms with E-state index in [0.29, 0.717) is 26.4 Å². The van der Waals surface area contributed by atoms with Gasteiger partial charge in [-0.2, -0.15) is 0 Å². The van der Waals surface area contributed by atoms with Gasteiger partial charge in [0.2, 0.25) is 5.52 Å². The zero-order valence-corrected chi connectivity index (χ0v) is 28.9. The molecule has 1 fully saturated rings. The summed E-state index contributed by atoms with van der Waals surface area (Å²) >= 11 is 0. The van der Waals surface area contributed by atoms with Gasteiger partial charge in [-0.05, 0) is 74.7 Å². The van der Waals surface area contributed by atoms with Gasteiger partial charge in [0.15, 0.2) is 12.3 Å². The Bertz CT molecular complexity index is 1510. The van der Waals surface area contributed by atoms with E-state index < -0.39 is 11.7 Å². The number of carbonyl (C=O) groups is 1. The van der Waals surface area contributed by atoms with Crippen LogP contribution in [-0.2, 0) is 32.7 Å². The maximum Gasteiger partial charge on any atom is 0.340 e. The van der Waals surface area contributed by atoms with Crippen LogP contribution < -0.4 is 38.6 Å². The summed E-state index contributed by atoms with van der Waals surface area (Å²) in [5, 5.41) is 4.56. The first-order valence-corrected chi connectivity index (χ1v) is 15.6. The molecule has 3 atom stereocenters. The number of aromatic nitrogens is 1. The summed E-state index contributed by atoms with van der Waals surface area (Å²) < 4.78 is 26.4. The highest BCUT2D eigenvalue weighted by atomic mass is 127. The summed E-state index contributed by atoms with van der Waals surface area (Å²) in [4.78, 5) is 13.6. The van der Waals surface area contributed by atoms with Gasteiger partial charge in [-0.1, -0.05) is 48.5 Å². The standard InChI is InChI=1S/C37H45N2O5.HI/c1-37(2,3)44-36(40)35(30-14-13-29-12-8-21-39(4)33(29)24-30)43-34-25-38-20-19-32(34)28-15-17-31(18-16-28)42-23-9-22-41-26-27-10-6-5-7-11-27;/h5-8,10-18,21,24,32,34-35,38H,9,19-20,22-23,25-26H2,1-4H3;1H/q+1;/p-1. The van der Waals surface area contributed by atoms with Crippen molar-refractivity contribution in [3.8, 4) is 5.75 Å².